The van der Waals surface area contributed by atoms with Crippen LogP contribution in [-0.4, -0.2) is 4.57 Å². The molecule has 7 aromatic rings. The van der Waals surface area contributed by atoms with Crippen molar-refractivity contribution in [2.24, 2.45) is 0 Å². The van der Waals surface area contributed by atoms with Crippen LogP contribution in [0.4, 0.5) is 0 Å². The van der Waals surface area contributed by atoms with Crippen molar-refractivity contribution in [2.75, 3.05) is 0 Å². The number of benzene rings is 6. The Bertz CT molecular complexity index is 2060. The van der Waals surface area contributed by atoms with Gasteiger partial charge in [-0.3, -0.25) is 0 Å². The van der Waals surface area contributed by atoms with Crippen molar-refractivity contribution in [3.05, 3.63) is 139 Å². The third-order valence-corrected chi connectivity index (χ3v) is 8.44. The lowest BCUT2D eigenvalue weighted by atomic mass is 9.75. The molecule has 2 nitrogen and oxygen atoms in total. The van der Waals surface area contributed by atoms with Crippen LogP contribution in [0.25, 0.3) is 49.4 Å². The van der Waals surface area contributed by atoms with Crippen LogP contribution in [0.5, 0.6) is 11.5 Å². The molecule has 0 N–H and O–H groups in total. The molecule has 6 aromatic carbocycles. The Morgan fingerprint density at radius 1 is 0.538 bits per heavy atom. The Hall–Kier alpha value is -4.82. The molecule has 1 aromatic heterocycles. The maximum Gasteiger partial charge on any atom is 0.131 e. The van der Waals surface area contributed by atoms with Crippen LogP contribution < -0.4 is 4.74 Å². The molecule has 0 amide bonds. The second-order valence-electron chi connectivity index (χ2n) is 11.0. The van der Waals surface area contributed by atoms with E-state index in [1.807, 2.05) is 6.07 Å². The number of nitrogens with zero attached hydrogens (tertiary/aromatic N) is 1. The summed E-state index contributed by atoms with van der Waals surface area (Å²) in [5.74, 6) is 1.89. The molecule has 2 heterocycles. The Morgan fingerprint density at radius 2 is 1.26 bits per heavy atom. The van der Waals surface area contributed by atoms with Crippen LogP contribution in [0, 0.1) is 0 Å². The molecule has 0 bridgehead atoms. The lowest BCUT2D eigenvalue weighted by Gasteiger charge is -2.34. The molecule has 0 saturated heterocycles. The average Bonchev–Trinajstić information content (AvgIpc) is 3.32. The van der Waals surface area contributed by atoms with Crippen molar-refractivity contribution in [2.45, 2.75) is 19.3 Å². The van der Waals surface area contributed by atoms with E-state index >= 15 is 0 Å². The van der Waals surface area contributed by atoms with E-state index in [9.17, 15) is 0 Å². The third kappa shape index (κ3) is 3.21. The van der Waals surface area contributed by atoms with Gasteiger partial charge in [-0.2, -0.15) is 0 Å². The minimum Gasteiger partial charge on any atom is -0.457 e. The molecule has 186 valence electrons. The molecule has 0 atom stereocenters. The third-order valence-electron chi connectivity index (χ3n) is 8.44. The normalized spacial score (nSPS) is 13.8. The SMILES string of the molecule is CC1(C)c2ccccc2Oc2ccc(-c3ccc4c5c6ccccc6ccc5n(-c5ccccc5)c4c3)cc21. The first-order valence-corrected chi connectivity index (χ1v) is 13.5. The molecule has 1 aliphatic rings. The summed E-state index contributed by atoms with van der Waals surface area (Å²) in [6.07, 6.45) is 0. The molecule has 0 saturated carbocycles. The fourth-order valence-corrected chi connectivity index (χ4v) is 6.44. The monoisotopic (exact) mass is 501 g/mol. The summed E-state index contributed by atoms with van der Waals surface area (Å²) >= 11 is 0. The first-order chi connectivity index (χ1) is 19.1. The smallest absolute Gasteiger partial charge is 0.131 e. The Balaban J connectivity index is 1.38. The van der Waals surface area contributed by atoms with Crippen molar-refractivity contribution >= 4 is 32.6 Å². The Kier molecular flexibility index (Phi) is 4.60. The minimum absolute atomic E-state index is 0.151. The van der Waals surface area contributed by atoms with E-state index in [1.54, 1.807) is 0 Å². The zero-order valence-corrected chi connectivity index (χ0v) is 22.0. The van der Waals surface area contributed by atoms with Gasteiger partial charge >= 0.3 is 0 Å². The largest absolute Gasteiger partial charge is 0.457 e. The van der Waals surface area contributed by atoms with Gasteiger partial charge in [-0.15, -0.1) is 0 Å². The van der Waals surface area contributed by atoms with Crippen LogP contribution in [0.3, 0.4) is 0 Å². The zero-order valence-electron chi connectivity index (χ0n) is 22.0. The van der Waals surface area contributed by atoms with Crippen molar-refractivity contribution in [1.82, 2.24) is 4.57 Å². The van der Waals surface area contributed by atoms with Gasteiger partial charge < -0.3 is 9.30 Å². The van der Waals surface area contributed by atoms with E-state index in [0.717, 1.165) is 11.5 Å². The second-order valence-corrected chi connectivity index (χ2v) is 11.0. The number of para-hydroxylation sites is 2. The fraction of sp³-hybridized carbons (Fsp3) is 0.0811. The molecule has 0 radical (unpaired) electrons. The molecule has 0 aliphatic carbocycles. The topological polar surface area (TPSA) is 14.2 Å². The first-order valence-electron chi connectivity index (χ1n) is 13.5. The molecular weight excluding hydrogens is 474 g/mol. The maximum absolute atomic E-state index is 6.33. The van der Waals surface area contributed by atoms with Gasteiger partial charge in [-0.1, -0.05) is 98.8 Å². The fourth-order valence-electron chi connectivity index (χ4n) is 6.44. The van der Waals surface area contributed by atoms with Crippen LogP contribution in [0.2, 0.25) is 0 Å². The number of hydrogen-bond acceptors (Lipinski definition) is 1. The van der Waals surface area contributed by atoms with Crippen LogP contribution in [0.15, 0.2) is 127 Å². The average molecular weight is 502 g/mol. The van der Waals surface area contributed by atoms with Gasteiger partial charge in [0.25, 0.3) is 0 Å². The van der Waals surface area contributed by atoms with Crippen molar-refractivity contribution in [1.29, 1.82) is 0 Å². The number of aromatic nitrogens is 1. The van der Waals surface area contributed by atoms with E-state index in [1.165, 1.54) is 60.5 Å². The standard InChI is InChI=1S/C37H27NO/c1-37(2)30-14-8-9-15-34(30)39-35-21-18-25(22-31(35)37)26-16-19-29-33(23-26)38(27-11-4-3-5-12-27)32-20-17-24-10-6-7-13-28(24)36(29)32/h3-23H,1-2H3. The molecule has 0 fully saturated rings. The maximum atomic E-state index is 6.33. The number of ether oxygens (including phenoxy) is 1. The highest BCUT2D eigenvalue weighted by molar-refractivity contribution is 6.21. The first kappa shape index (κ1) is 22.2. The quantitative estimate of drug-likeness (QED) is 0.230. The van der Waals surface area contributed by atoms with Crippen LogP contribution >= 0.6 is 0 Å². The van der Waals surface area contributed by atoms with Gasteiger partial charge in [0, 0.05) is 33.0 Å². The van der Waals surface area contributed by atoms with E-state index in [2.05, 4.69) is 140 Å². The molecule has 0 unspecified atom stereocenters. The summed E-state index contributed by atoms with van der Waals surface area (Å²) in [5.41, 5.74) is 8.29. The van der Waals surface area contributed by atoms with Gasteiger partial charge in [-0.25, -0.2) is 0 Å². The summed E-state index contributed by atoms with van der Waals surface area (Å²) in [4.78, 5) is 0. The summed E-state index contributed by atoms with van der Waals surface area (Å²) in [7, 11) is 0. The zero-order chi connectivity index (χ0) is 26.1. The summed E-state index contributed by atoms with van der Waals surface area (Å²) in [6, 6.07) is 45.8. The summed E-state index contributed by atoms with van der Waals surface area (Å²) in [6.45, 7) is 4.58. The second kappa shape index (κ2) is 8.09. The van der Waals surface area contributed by atoms with Crippen LogP contribution in [0.1, 0.15) is 25.0 Å². The molecule has 2 heteroatoms. The highest BCUT2D eigenvalue weighted by atomic mass is 16.5. The predicted molar refractivity (Wildman–Crippen MR) is 162 cm³/mol. The molecule has 0 spiro atoms. The number of hydrogen-bond donors (Lipinski definition) is 0. The lowest BCUT2D eigenvalue weighted by molar-refractivity contribution is 0.418. The highest BCUT2D eigenvalue weighted by Crippen LogP contribution is 2.49. The van der Waals surface area contributed by atoms with Gasteiger partial charge in [0.2, 0.25) is 0 Å². The van der Waals surface area contributed by atoms with E-state index in [-0.39, 0.29) is 5.41 Å². The van der Waals surface area contributed by atoms with Gasteiger partial charge in [0.05, 0.1) is 11.0 Å². The van der Waals surface area contributed by atoms with Gasteiger partial charge in [0.15, 0.2) is 0 Å². The summed E-state index contributed by atoms with van der Waals surface area (Å²) < 4.78 is 8.73. The van der Waals surface area contributed by atoms with E-state index in [0.29, 0.717) is 0 Å². The number of rotatable bonds is 2. The lowest BCUT2D eigenvalue weighted by Crippen LogP contribution is -2.24. The Morgan fingerprint density at radius 3 is 2.15 bits per heavy atom. The minimum atomic E-state index is -0.151. The number of fused-ring (bicyclic) bond motifs is 7. The predicted octanol–water partition coefficient (Wildman–Crippen LogP) is 10.0. The highest BCUT2D eigenvalue weighted by Gasteiger charge is 2.34. The van der Waals surface area contributed by atoms with Crippen LogP contribution in [-0.2, 0) is 5.41 Å². The van der Waals surface area contributed by atoms with Gasteiger partial charge in [-0.05, 0) is 64.4 Å². The van der Waals surface area contributed by atoms with E-state index < -0.39 is 0 Å². The van der Waals surface area contributed by atoms with Crippen molar-refractivity contribution in [3.63, 3.8) is 0 Å². The summed E-state index contributed by atoms with van der Waals surface area (Å²) in [5, 5.41) is 5.12. The molecular formula is C37H27NO. The molecule has 39 heavy (non-hydrogen) atoms. The van der Waals surface area contributed by atoms with Crippen molar-refractivity contribution < 1.29 is 4.74 Å². The molecule has 1 aliphatic heterocycles. The Labute approximate surface area is 227 Å². The van der Waals surface area contributed by atoms with Gasteiger partial charge in [0.1, 0.15) is 11.5 Å². The molecule has 8 rings (SSSR count). The van der Waals surface area contributed by atoms with Crippen molar-refractivity contribution in [3.8, 4) is 28.3 Å². The van der Waals surface area contributed by atoms with E-state index in [4.69, 9.17) is 4.74 Å².